The molecule has 1 aromatic heterocycles. The molecule has 1 heterocycles. The van der Waals surface area contributed by atoms with Gasteiger partial charge in [-0.2, -0.15) is 0 Å². The average molecular weight is 342 g/mol. The summed E-state index contributed by atoms with van der Waals surface area (Å²) in [6.45, 7) is 2.94. The summed E-state index contributed by atoms with van der Waals surface area (Å²) in [6.07, 6.45) is 3.47. The molecule has 0 radical (unpaired) electrons. The van der Waals surface area contributed by atoms with Crippen molar-refractivity contribution < 1.29 is 0 Å². The van der Waals surface area contributed by atoms with Crippen LogP contribution in [-0.4, -0.2) is 11.5 Å². The number of anilines is 3. The van der Waals surface area contributed by atoms with Crippen molar-refractivity contribution in [2.24, 2.45) is 0 Å². The van der Waals surface area contributed by atoms with Gasteiger partial charge in [0.05, 0.1) is 22.0 Å². The van der Waals surface area contributed by atoms with Gasteiger partial charge in [0.1, 0.15) is 0 Å². The number of hydrogen-bond donors (Lipinski definition) is 1. The van der Waals surface area contributed by atoms with E-state index >= 15 is 0 Å². The molecule has 0 aliphatic rings. The van der Waals surface area contributed by atoms with E-state index in [1.54, 1.807) is 12.4 Å². The lowest BCUT2D eigenvalue weighted by atomic mass is 10.1. The fourth-order valence-corrected chi connectivity index (χ4v) is 3.18. The molecule has 21 heavy (non-hydrogen) atoms. The molecule has 0 bridgehead atoms. The van der Waals surface area contributed by atoms with Crippen molar-refractivity contribution in [1.82, 2.24) is 4.98 Å². The van der Waals surface area contributed by atoms with Gasteiger partial charge in [0.25, 0.3) is 0 Å². The van der Waals surface area contributed by atoms with Crippen molar-refractivity contribution >= 4 is 43.8 Å². The molecule has 0 aliphatic heterocycles. The second-order valence-corrected chi connectivity index (χ2v) is 5.66. The Balaban J connectivity index is 2.24. The predicted octanol–water partition coefficient (Wildman–Crippen LogP) is 4.74. The molecule has 4 heteroatoms. The van der Waals surface area contributed by atoms with Gasteiger partial charge in [0, 0.05) is 23.8 Å². The Morgan fingerprint density at radius 2 is 1.86 bits per heavy atom. The minimum absolute atomic E-state index is 0.666. The normalized spacial score (nSPS) is 10.8. The number of hydrogen-bond acceptors (Lipinski definition) is 3. The van der Waals surface area contributed by atoms with E-state index < -0.39 is 0 Å². The molecule has 0 amide bonds. The van der Waals surface area contributed by atoms with Gasteiger partial charge in [-0.25, -0.2) is 0 Å². The van der Waals surface area contributed by atoms with E-state index in [-0.39, 0.29) is 0 Å². The molecule has 0 aliphatic carbocycles. The molecule has 3 rings (SSSR count). The number of nitrogen functional groups attached to an aromatic ring is 1. The van der Waals surface area contributed by atoms with Crippen LogP contribution in [0.4, 0.5) is 17.1 Å². The summed E-state index contributed by atoms with van der Waals surface area (Å²) < 4.78 is 0.900. The maximum Gasteiger partial charge on any atom is 0.0820 e. The Morgan fingerprint density at radius 1 is 1.10 bits per heavy atom. The molecular weight excluding hydrogens is 326 g/mol. The van der Waals surface area contributed by atoms with Crippen LogP contribution in [0.1, 0.15) is 6.92 Å². The van der Waals surface area contributed by atoms with E-state index in [1.165, 1.54) is 10.8 Å². The van der Waals surface area contributed by atoms with Gasteiger partial charge in [0.2, 0.25) is 0 Å². The summed E-state index contributed by atoms with van der Waals surface area (Å²) in [5.74, 6) is 0. The van der Waals surface area contributed by atoms with Crippen LogP contribution in [0, 0.1) is 0 Å². The van der Waals surface area contributed by atoms with Crippen molar-refractivity contribution in [3.63, 3.8) is 0 Å². The Labute approximate surface area is 132 Å². The maximum absolute atomic E-state index is 6.15. The summed E-state index contributed by atoms with van der Waals surface area (Å²) in [5, 5.41) is 2.43. The van der Waals surface area contributed by atoms with Crippen molar-refractivity contribution in [3.8, 4) is 0 Å². The molecule has 0 fully saturated rings. The quantitative estimate of drug-likeness (QED) is 0.748. The number of aromatic nitrogens is 1. The van der Waals surface area contributed by atoms with Crippen LogP contribution in [0.2, 0.25) is 0 Å². The summed E-state index contributed by atoms with van der Waals surface area (Å²) in [4.78, 5) is 6.33. The third-order valence-corrected chi connectivity index (χ3v) is 4.13. The van der Waals surface area contributed by atoms with Crippen LogP contribution in [0.15, 0.2) is 59.3 Å². The monoisotopic (exact) mass is 341 g/mol. The SMILES string of the molecule is CCN(c1c(N)cncc1Br)c1cccc2ccccc12. The van der Waals surface area contributed by atoms with E-state index in [4.69, 9.17) is 5.73 Å². The molecule has 106 valence electrons. The molecule has 0 spiro atoms. The van der Waals surface area contributed by atoms with Crippen molar-refractivity contribution in [2.75, 3.05) is 17.2 Å². The van der Waals surface area contributed by atoms with Crippen LogP contribution >= 0.6 is 15.9 Å². The smallest absolute Gasteiger partial charge is 0.0820 e. The second kappa shape index (κ2) is 5.74. The number of benzene rings is 2. The summed E-state index contributed by atoms with van der Waals surface area (Å²) >= 11 is 3.57. The van der Waals surface area contributed by atoms with E-state index in [2.05, 4.69) is 75.2 Å². The van der Waals surface area contributed by atoms with Crippen LogP contribution in [0.3, 0.4) is 0 Å². The minimum Gasteiger partial charge on any atom is -0.396 e. The molecule has 2 aromatic carbocycles. The third kappa shape index (κ3) is 2.47. The molecule has 2 N–H and O–H groups in total. The highest BCUT2D eigenvalue weighted by atomic mass is 79.9. The summed E-state index contributed by atoms with van der Waals surface area (Å²) in [6, 6.07) is 14.7. The van der Waals surface area contributed by atoms with Crippen LogP contribution in [0.5, 0.6) is 0 Å². The predicted molar refractivity (Wildman–Crippen MR) is 93.0 cm³/mol. The standard InChI is InChI=1S/C17H16BrN3/c1-2-21(17-14(18)10-20-11-15(17)19)16-9-5-7-12-6-3-4-8-13(12)16/h3-11H,2,19H2,1H3. The summed E-state index contributed by atoms with van der Waals surface area (Å²) in [7, 11) is 0. The highest BCUT2D eigenvalue weighted by molar-refractivity contribution is 9.10. The lowest BCUT2D eigenvalue weighted by molar-refractivity contribution is 1.02. The number of nitrogens with zero attached hydrogens (tertiary/aromatic N) is 2. The Kier molecular flexibility index (Phi) is 3.80. The van der Waals surface area contributed by atoms with Crippen molar-refractivity contribution in [2.45, 2.75) is 6.92 Å². The van der Waals surface area contributed by atoms with Gasteiger partial charge < -0.3 is 10.6 Å². The van der Waals surface area contributed by atoms with E-state index in [0.29, 0.717) is 5.69 Å². The first-order valence-electron chi connectivity index (χ1n) is 6.86. The number of pyridine rings is 1. The lowest BCUT2D eigenvalue weighted by Gasteiger charge is -2.27. The highest BCUT2D eigenvalue weighted by Crippen LogP contribution is 2.38. The maximum atomic E-state index is 6.15. The molecule has 0 atom stereocenters. The van der Waals surface area contributed by atoms with Gasteiger partial charge >= 0.3 is 0 Å². The summed E-state index contributed by atoms with van der Waals surface area (Å²) in [5.41, 5.74) is 8.92. The van der Waals surface area contributed by atoms with E-state index in [0.717, 1.165) is 22.4 Å². The molecule has 0 saturated heterocycles. The molecule has 0 unspecified atom stereocenters. The Bertz CT molecular complexity index is 760. The largest absolute Gasteiger partial charge is 0.396 e. The number of rotatable bonds is 3. The van der Waals surface area contributed by atoms with Gasteiger partial charge in [-0.1, -0.05) is 36.4 Å². The molecule has 3 nitrogen and oxygen atoms in total. The zero-order chi connectivity index (χ0) is 14.8. The van der Waals surface area contributed by atoms with E-state index in [1.807, 2.05) is 0 Å². The topological polar surface area (TPSA) is 42.1 Å². The lowest BCUT2D eigenvalue weighted by Crippen LogP contribution is -2.18. The average Bonchev–Trinajstić information content (AvgIpc) is 2.51. The first-order valence-corrected chi connectivity index (χ1v) is 7.66. The zero-order valence-corrected chi connectivity index (χ0v) is 13.3. The van der Waals surface area contributed by atoms with Crippen LogP contribution in [0.25, 0.3) is 10.8 Å². The first-order chi connectivity index (χ1) is 10.2. The second-order valence-electron chi connectivity index (χ2n) is 4.80. The van der Waals surface area contributed by atoms with Gasteiger partial charge in [-0.3, -0.25) is 4.98 Å². The highest BCUT2D eigenvalue weighted by Gasteiger charge is 2.16. The van der Waals surface area contributed by atoms with Crippen molar-refractivity contribution in [1.29, 1.82) is 0 Å². The fraction of sp³-hybridized carbons (Fsp3) is 0.118. The Hall–Kier alpha value is -2.07. The number of nitrogens with two attached hydrogens (primary N) is 1. The Morgan fingerprint density at radius 3 is 2.62 bits per heavy atom. The zero-order valence-electron chi connectivity index (χ0n) is 11.8. The van der Waals surface area contributed by atoms with Gasteiger partial charge in [-0.05, 0) is 34.3 Å². The molecular formula is C17H16BrN3. The van der Waals surface area contributed by atoms with Gasteiger partial charge in [-0.15, -0.1) is 0 Å². The number of fused-ring (bicyclic) bond motifs is 1. The van der Waals surface area contributed by atoms with Crippen molar-refractivity contribution in [3.05, 3.63) is 59.3 Å². The van der Waals surface area contributed by atoms with Crippen LogP contribution < -0.4 is 10.6 Å². The van der Waals surface area contributed by atoms with E-state index in [9.17, 15) is 0 Å². The fourth-order valence-electron chi connectivity index (χ4n) is 2.62. The molecule has 3 aromatic rings. The van der Waals surface area contributed by atoms with Gasteiger partial charge in [0.15, 0.2) is 0 Å². The minimum atomic E-state index is 0.666. The van der Waals surface area contributed by atoms with Crippen LogP contribution in [-0.2, 0) is 0 Å². The number of halogens is 1. The molecule has 0 saturated carbocycles. The first kappa shape index (κ1) is 13.9. The third-order valence-electron chi connectivity index (χ3n) is 3.54.